The molecule has 0 saturated carbocycles. The van der Waals surface area contributed by atoms with Gasteiger partial charge in [0.25, 0.3) is 0 Å². The number of rotatable bonds is 5. The van der Waals surface area contributed by atoms with Crippen molar-refractivity contribution >= 4 is 17.3 Å². The first-order chi connectivity index (χ1) is 10.8. The second-order valence-corrected chi connectivity index (χ2v) is 6.29. The third-order valence-corrected chi connectivity index (χ3v) is 4.32. The van der Waals surface area contributed by atoms with Crippen molar-refractivity contribution in [1.82, 2.24) is 0 Å². The lowest BCUT2D eigenvalue weighted by molar-refractivity contribution is -0.122. The molecular formula is C18H22N2O3. The van der Waals surface area contributed by atoms with Crippen LogP contribution in [-0.4, -0.2) is 29.4 Å². The van der Waals surface area contributed by atoms with Crippen molar-refractivity contribution in [2.75, 3.05) is 0 Å². The summed E-state index contributed by atoms with van der Waals surface area (Å²) in [5, 5.41) is 0. The summed E-state index contributed by atoms with van der Waals surface area (Å²) in [7, 11) is 0. The van der Waals surface area contributed by atoms with Gasteiger partial charge >= 0.3 is 0 Å². The van der Waals surface area contributed by atoms with E-state index < -0.39 is 12.1 Å². The smallest absolute Gasteiger partial charge is 0.190 e. The van der Waals surface area contributed by atoms with Gasteiger partial charge in [0.05, 0.1) is 12.1 Å². The van der Waals surface area contributed by atoms with Crippen LogP contribution in [0, 0.1) is 5.92 Å². The summed E-state index contributed by atoms with van der Waals surface area (Å²) in [4.78, 5) is 37.3. The van der Waals surface area contributed by atoms with Crippen LogP contribution in [0.2, 0.25) is 0 Å². The van der Waals surface area contributed by atoms with Gasteiger partial charge in [0.2, 0.25) is 0 Å². The largest absolute Gasteiger partial charge is 0.321 e. The first kappa shape index (κ1) is 17.2. The summed E-state index contributed by atoms with van der Waals surface area (Å²) in [5.74, 6) is -0.755. The Kier molecular flexibility index (Phi) is 4.92. The Morgan fingerprint density at radius 1 is 1.04 bits per heavy atom. The van der Waals surface area contributed by atoms with Crippen molar-refractivity contribution in [3.8, 4) is 0 Å². The van der Waals surface area contributed by atoms with Crippen LogP contribution in [0.4, 0.5) is 0 Å². The first-order valence-electron chi connectivity index (χ1n) is 7.68. The molecule has 1 aliphatic rings. The Hall–Kier alpha value is -2.11. The Labute approximate surface area is 135 Å². The number of allylic oxidation sites excluding steroid dienone is 1. The number of hydrogen-bond donors (Lipinski definition) is 2. The highest BCUT2D eigenvalue weighted by Gasteiger charge is 2.32. The molecule has 0 amide bonds. The fourth-order valence-electron chi connectivity index (χ4n) is 2.69. The van der Waals surface area contributed by atoms with E-state index in [4.69, 9.17) is 11.5 Å². The van der Waals surface area contributed by atoms with E-state index in [1.807, 2.05) is 13.8 Å². The molecule has 0 heterocycles. The Morgan fingerprint density at radius 3 is 2.09 bits per heavy atom. The predicted octanol–water partition coefficient (Wildman–Crippen LogP) is 1.65. The fraction of sp³-hybridized carbons (Fsp3) is 0.389. The van der Waals surface area contributed by atoms with Gasteiger partial charge in [0.15, 0.2) is 17.3 Å². The average Bonchev–Trinajstić information content (AvgIpc) is 2.54. The van der Waals surface area contributed by atoms with E-state index in [2.05, 4.69) is 0 Å². The number of Topliss-reactive ketones (excluding diaryl/α,β-unsaturated/α-hetero) is 3. The van der Waals surface area contributed by atoms with Crippen molar-refractivity contribution < 1.29 is 14.4 Å². The van der Waals surface area contributed by atoms with Gasteiger partial charge in [-0.05, 0) is 19.3 Å². The molecule has 4 N–H and O–H groups in total. The summed E-state index contributed by atoms with van der Waals surface area (Å²) in [5.41, 5.74) is 13.2. The summed E-state index contributed by atoms with van der Waals surface area (Å²) < 4.78 is 0. The molecule has 0 saturated heterocycles. The molecule has 122 valence electrons. The molecular weight excluding hydrogens is 292 g/mol. The van der Waals surface area contributed by atoms with Gasteiger partial charge in [-0.3, -0.25) is 14.4 Å². The molecule has 0 spiro atoms. The van der Waals surface area contributed by atoms with Crippen LogP contribution in [0.15, 0.2) is 35.4 Å². The van der Waals surface area contributed by atoms with E-state index in [0.29, 0.717) is 22.3 Å². The second-order valence-electron chi connectivity index (χ2n) is 6.29. The molecule has 2 rings (SSSR count). The molecule has 5 nitrogen and oxygen atoms in total. The highest BCUT2D eigenvalue weighted by Crippen LogP contribution is 2.28. The number of nitrogens with two attached hydrogens (primary N) is 2. The summed E-state index contributed by atoms with van der Waals surface area (Å²) in [6.07, 6.45) is 0.0317. The van der Waals surface area contributed by atoms with Crippen molar-refractivity contribution in [3.05, 3.63) is 46.5 Å². The second kappa shape index (κ2) is 6.56. The molecule has 0 aromatic heterocycles. The van der Waals surface area contributed by atoms with E-state index in [9.17, 15) is 14.4 Å². The fourth-order valence-corrected chi connectivity index (χ4v) is 2.69. The molecule has 0 aliphatic heterocycles. The monoisotopic (exact) mass is 314 g/mol. The third kappa shape index (κ3) is 3.16. The zero-order chi connectivity index (χ0) is 17.3. The molecule has 0 bridgehead atoms. The van der Waals surface area contributed by atoms with E-state index in [1.165, 1.54) is 0 Å². The van der Waals surface area contributed by atoms with Gasteiger partial charge in [-0.25, -0.2) is 0 Å². The molecule has 1 aromatic carbocycles. The molecule has 1 aliphatic carbocycles. The van der Waals surface area contributed by atoms with Gasteiger partial charge in [-0.15, -0.1) is 0 Å². The van der Waals surface area contributed by atoms with Crippen molar-refractivity contribution in [3.63, 3.8) is 0 Å². The molecule has 0 fully saturated rings. The third-order valence-electron chi connectivity index (χ3n) is 4.32. The Bertz CT molecular complexity index is 704. The molecule has 1 aromatic rings. The maximum Gasteiger partial charge on any atom is 0.190 e. The average molecular weight is 314 g/mol. The minimum absolute atomic E-state index is 0.0317. The lowest BCUT2D eigenvalue weighted by Gasteiger charge is -2.23. The van der Waals surface area contributed by atoms with Crippen molar-refractivity contribution in [2.45, 2.75) is 39.3 Å². The summed E-state index contributed by atoms with van der Waals surface area (Å²) in [6, 6.07) is 5.12. The maximum absolute atomic E-state index is 12.6. The van der Waals surface area contributed by atoms with Crippen LogP contribution in [0.1, 0.15) is 47.9 Å². The normalized spacial score (nSPS) is 17.3. The minimum Gasteiger partial charge on any atom is -0.321 e. The molecule has 5 heteroatoms. The van der Waals surface area contributed by atoms with Gasteiger partial charge in [0, 0.05) is 22.3 Å². The van der Waals surface area contributed by atoms with E-state index >= 15 is 0 Å². The molecule has 23 heavy (non-hydrogen) atoms. The first-order valence-corrected chi connectivity index (χ1v) is 7.68. The number of ketones is 3. The molecule has 2 atom stereocenters. The van der Waals surface area contributed by atoms with Gasteiger partial charge in [-0.1, -0.05) is 38.1 Å². The van der Waals surface area contributed by atoms with E-state index in [1.54, 1.807) is 31.2 Å². The number of carbonyl (C=O) groups is 3. The Morgan fingerprint density at radius 2 is 1.57 bits per heavy atom. The summed E-state index contributed by atoms with van der Waals surface area (Å²) in [6.45, 7) is 5.28. The van der Waals surface area contributed by atoms with Gasteiger partial charge < -0.3 is 11.5 Å². The van der Waals surface area contributed by atoms with Crippen molar-refractivity contribution in [1.29, 1.82) is 0 Å². The number of hydrogen-bond acceptors (Lipinski definition) is 5. The lowest BCUT2D eigenvalue weighted by Crippen LogP contribution is -2.46. The van der Waals surface area contributed by atoms with Gasteiger partial charge in [0.1, 0.15) is 0 Å². The Balaban J connectivity index is 2.30. The van der Waals surface area contributed by atoms with Crippen LogP contribution in [0.3, 0.4) is 0 Å². The molecule has 1 unspecified atom stereocenters. The highest BCUT2D eigenvalue weighted by molar-refractivity contribution is 6.26. The number of fused-ring (bicyclic) bond motifs is 1. The summed E-state index contributed by atoms with van der Waals surface area (Å²) >= 11 is 0. The maximum atomic E-state index is 12.6. The van der Waals surface area contributed by atoms with Crippen LogP contribution < -0.4 is 11.5 Å². The number of benzene rings is 1. The zero-order valence-corrected chi connectivity index (χ0v) is 13.6. The van der Waals surface area contributed by atoms with Crippen LogP contribution in [0.5, 0.6) is 0 Å². The van der Waals surface area contributed by atoms with E-state index in [0.717, 1.165) is 0 Å². The van der Waals surface area contributed by atoms with E-state index in [-0.39, 0.29) is 29.7 Å². The SMILES string of the molecule is CC1=C(CC(N)C(=O)[C@H](N)C(C)C)C(=O)c2ccccc2C1=O. The topological polar surface area (TPSA) is 103 Å². The van der Waals surface area contributed by atoms with Crippen LogP contribution >= 0.6 is 0 Å². The van der Waals surface area contributed by atoms with Crippen molar-refractivity contribution in [2.24, 2.45) is 17.4 Å². The predicted molar refractivity (Wildman–Crippen MR) is 88.2 cm³/mol. The standard InChI is InChI=1S/C18H22N2O3/c1-9(2)15(20)18(23)14(19)8-13-10(3)16(21)11-6-4-5-7-12(11)17(13)22/h4-7,9,14-15H,8,19-20H2,1-3H3/t14?,15-/m1/s1. The quantitative estimate of drug-likeness (QED) is 0.860. The minimum atomic E-state index is -0.889. The molecule has 0 radical (unpaired) electrons. The zero-order valence-electron chi connectivity index (χ0n) is 13.6. The van der Waals surface area contributed by atoms with Crippen LogP contribution in [0.25, 0.3) is 0 Å². The van der Waals surface area contributed by atoms with Crippen LogP contribution in [-0.2, 0) is 4.79 Å². The lowest BCUT2D eigenvalue weighted by atomic mass is 9.81. The number of carbonyl (C=O) groups excluding carboxylic acids is 3. The van der Waals surface area contributed by atoms with Gasteiger partial charge in [-0.2, -0.15) is 0 Å². The highest BCUT2D eigenvalue weighted by atomic mass is 16.1.